The van der Waals surface area contributed by atoms with Crippen LogP contribution in [0.1, 0.15) is 28.1 Å². The highest BCUT2D eigenvalue weighted by Gasteiger charge is 2.00. The first-order chi connectivity index (χ1) is 16.7. The number of nitrogens with zero attached hydrogens (tertiary/aromatic N) is 4. The maximum atomic E-state index is 4.42. The van der Waals surface area contributed by atoms with Crippen LogP contribution in [-0.4, -0.2) is 19.3 Å². The van der Waals surface area contributed by atoms with E-state index >= 15 is 0 Å². The summed E-state index contributed by atoms with van der Waals surface area (Å²) in [6.07, 6.45) is 2.03. The van der Waals surface area contributed by atoms with Gasteiger partial charge in [0.25, 0.3) is 0 Å². The summed E-state index contributed by atoms with van der Waals surface area (Å²) >= 11 is 0. The quantitative estimate of drug-likeness (QED) is 0.234. The summed E-state index contributed by atoms with van der Waals surface area (Å²) in [5, 5.41) is 8.05. The highest BCUT2D eigenvalue weighted by Crippen LogP contribution is 2.19. The summed E-state index contributed by atoms with van der Waals surface area (Å²) in [7, 11) is 4.04. The van der Waals surface area contributed by atoms with Crippen molar-refractivity contribution in [3.8, 4) is 0 Å². The average Bonchev–Trinajstić information content (AvgIpc) is 3.32. The molecule has 0 saturated carbocycles. The van der Waals surface area contributed by atoms with Crippen molar-refractivity contribution < 1.29 is 0 Å². The molecule has 3 aromatic heterocycles. The van der Waals surface area contributed by atoms with E-state index in [0.717, 1.165) is 16.7 Å². The van der Waals surface area contributed by atoms with Crippen LogP contribution in [-0.2, 0) is 14.1 Å². The smallest absolute Gasteiger partial charge is 0.0923 e. The molecule has 3 aromatic carbocycles. The summed E-state index contributed by atoms with van der Waals surface area (Å²) in [4.78, 5) is 4.42. The Morgan fingerprint density at radius 2 is 1.17 bits per heavy atom. The fourth-order valence-corrected chi connectivity index (χ4v) is 4.22. The SMILES string of the molecule is Cc1ccc2c(c1)cc(C)n2C.Cc1ccc2nc(C)ccc2c1.Cc1ccc2nn(C)cc2c1. The van der Waals surface area contributed by atoms with E-state index in [1.54, 1.807) is 0 Å². The van der Waals surface area contributed by atoms with Gasteiger partial charge in [-0.25, -0.2) is 0 Å². The van der Waals surface area contributed by atoms with Gasteiger partial charge in [-0.2, -0.15) is 5.10 Å². The Hall–Kier alpha value is -3.92. The third-order valence-electron chi connectivity index (χ3n) is 6.20. The minimum atomic E-state index is 1.07. The van der Waals surface area contributed by atoms with E-state index in [0.29, 0.717) is 0 Å². The molecule has 6 aromatic rings. The van der Waals surface area contributed by atoms with Gasteiger partial charge in [-0.15, -0.1) is 0 Å². The summed E-state index contributed by atoms with van der Waals surface area (Å²) in [6, 6.07) is 25.5. The van der Waals surface area contributed by atoms with Crippen molar-refractivity contribution in [3.05, 3.63) is 107 Å². The second kappa shape index (κ2) is 10.1. The predicted octanol–water partition coefficient (Wildman–Crippen LogP) is 7.53. The zero-order valence-corrected chi connectivity index (χ0v) is 21.8. The normalized spacial score (nSPS) is 10.7. The van der Waals surface area contributed by atoms with Gasteiger partial charge < -0.3 is 4.57 Å². The number of hydrogen-bond acceptors (Lipinski definition) is 2. The maximum Gasteiger partial charge on any atom is 0.0923 e. The molecule has 0 unspecified atom stereocenters. The molecule has 35 heavy (non-hydrogen) atoms. The Morgan fingerprint density at radius 1 is 0.571 bits per heavy atom. The molecule has 0 aliphatic carbocycles. The molecule has 4 nitrogen and oxygen atoms in total. The molecule has 3 heterocycles. The van der Waals surface area contributed by atoms with Crippen molar-refractivity contribution in [1.82, 2.24) is 19.3 Å². The second-order valence-corrected chi connectivity index (χ2v) is 9.42. The molecule has 178 valence electrons. The molecule has 0 aliphatic heterocycles. The molecule has 0 aliphatic rings. The van der Waals surface area contributed by atoms with Crippen LogP contribution in [0.5, 0.6) is 0 Å². The van der Waals surface area contributed by atoms with E-state index in [-0.39, 0.29) is 0 Å². The van der Waals surface area contributed by atoms with Gasteiger partial charge in [0, 0.05) is 53.4 Å². The van der Waals surface area contributed by atoms with Crippen molar-refractivity contribution in [1.29, 1.82) is 0 Å². The summed E-state index contributed by atoms with van der Waals surface area (Å²) in [6.45, 7) is 10.5. The second-order valence-electron chi connectivity index (χ2n) is 9.42. The molecule has 0 saturated heterocycles. The molecule has 0 spiro atoms. The van der Waals surface area contributed by atoms with Crippen LogP contribution >= 0.6 is 0 Å². The zero-order valence-electron chi connectivity index (χ0n) is 21.8. The van der Waals surface area contributed by atoms with Gasteiger partial charge >= 0.3 is 0 Å². The zero-order chi connectivity index (χ0) is 25.1. The fraction of sp³-hybridized carbons (Fsp3) is 0.226. The van der Waals surface area contributed by atoms with Crippen molar-refractivity contribution in [2.45, 2.75) is 34.6 Å². The first kappa shape index (κ1) is 24.2. The Labute approximate surface area is 207 Å². The largest absolute Gasteiger partial charge is 0.348 e. The van der Waals surface area contributed by atoms with Gasteiger partial charge in [-0.3, -0.25) is 9.67 Å². The molecular formula is C31H34N4. The molecule has 0 bridgehead atoms. The monoisotopic (exact) mass is 462 g/mol. The number of benzene rings is 3. The van der Waals surface area contributed by atoms with Crippen LogP contribution in [0.25, 0.3) is 32.7 Å². The van der Waals surface area contributed by atoms with Gasteiger partial charge in [-0.05, 0) is 83.1 Å². The topological polar surface area (TPSA) is 35.6 Å². The number of hydrogen-bond donors (Lipinski definition) is 0. The van der Waals surface area contributed by atoms with Crippen LogP contribution in [0.4, 0.5) is 0 Å². The molecular weight excluding hydrogens is 428 g/mol. The molecule has 0 amide bonds. The first-order valence-corrected chi connectivity index (χ1v) is 12.0. The third kappa shape index (κ3) is 5.78. The Balaban J connectivity index is 0.000000124. The molecule has 4 heteroatoms. The standard InChI is InChI=1S/C11H13N.C11H11N.C9H10N2/c1-8-4-5-11-10(6-8)7-9(2)12(11)3;1-8-3-6-11-10(7-8)5-4-9(2)12-11;1-7-3-4-9-8(5-7)6-11(2)10-9/h4-7H,1-3H3;3-7H,1-2H3;3-6H,1-2H3. The van der Waals surface area contributed by atoms with E-state index in [1.807, 2.05) is 37.0 Å². The number of pyridine rings is 1. The lowest BCUT2D eigenvalue weighted by molar-refractivity contribution is 0.780. The van der Waals surface area contributed by atoms with Crippen molar-refractivity contribution in [2.75, 3.05) is 0 Å². The minimum absolute atomic E-state index is 1.07. The van der Waals surface area contributed by atoms with E-state index in [9.17, 15) is 0 Å². The van der Waals surface area contributed by atoms with Gasteiger partial charge in [0.15, 0.2) is 0 Å². The molecule has 6 rings (SSSR count). The lowest BCUT2D eigenvalue weighted by Gasteiger charge is -1.99. The van der Waals surface area contributed by atoms with Gasteiger partial charge in [0.1, 0.15) is 0 Å². The lowest BCUT2D eigenvalue weighted by Crippen LogP contribution is -1.88. The number of aryl methyl sites for hydroxylation is 7. The van der Waals surface area contributed by atoms with Crippen molar-refractivity contribution >= 4 is 32.7 Å². The van der Waals surface area contributed by atoms with E-state index < -0.39 is 0 Å². The highest BCUT2D eigenvalue weighted by atomic mass is 15.2. The van der Waals surface area contributed by atoms with E-state index in [1.165, 1.54) is 44.1 Å². The minimum Gasteiger partial charge on any atom is -0.348 e. The van der Waals surface area contributed by atoms with Crippen LogP contribution < -0.4 is 0 Å². The summed E-state index contributed by atoms with van der Waals surface area (Å²) < 4.78 is 4.05. The van der Waals surface area contributed by atoms with E-state index in [2.05, 4.69) is 110 Å². The summed E-state index contributed by atoms with van der Waals surface area (Å²) in [5.41, 5.74) is 9.76. The predicted molar refractivity (Wildman–Crippen MR) is 149 cm³/mol. The molecule has 0 radical (unpaired) electrons. The van der Waals surface area contributed by atoms with Gasteiger partial charge in [0.05, 0.1) is 11.0 Å². The fourth-order valence-electron chi connectivity index (χ4n) is 4.22. The maximum absolute atomic E-state index is 4.42. The lowest BCUT2D eigenvalue weighted by atomic mass is 10.1. The van der Waals surface area contributed by atoms with Crippen LogP contribution in [0.2, 0.25) is 0 Å². The number of fused-ring (bicyclic) bond motifs is 3. The molecule has 0 atom stereocenters. The Kier molecular flexibility index (Phi) is 7.02. The first-order valence-electron chi connectivity index (χ1n) is 12.0. The van der Waals surface area contributed by atoms with Crippen LogP contribution in [0.15, 0.2) is 79.0 Å². The Morgan fingerprint density at radius 3 is 1.89 bits per heavy atom. The third-order valence-corrected chi connectivity index (χ3v) is 6.20. The number of aromatic nitrogens is 4. The van der Waals surface area contributed by atoms with Crippen LogP contribution in [0.3, 0.4) is 0 Å². The van der Waals surface area contributed by atoms with Crippen molar-refractivity contribution in [3.63, 3.8) is 0 Å². The highest BCUT2D eigenvalue weighted by molar-refractivity contribution is 5.82. The molecule has 0 N–H and O–H groups in total. The van der Waals surface area contributed by atoms with Gasteiger partial charge in [0.2, 0.25) is 0 Å². The van der Waals surface area contributed by atoms with Gasteiger partial charge in [-0.1, -0.05) is 41.0 Å². The summed E-state index contributed by atoms with van der Waals surface area (Å²) in [5.74, 6) is 0. The average molecular weight is 463 g/mol. The van der Waals surface area contributed by atoms with Crippen molar-refractivity contribution in [2.24, 2.45) is 14.1 Å². The van der Waals surface area contributed by atoms with Crippen LogP contribution in [0, 0.1) is 34.6 Å². The Bertz CT molecular complexity index is 1580. The van der Waals surface area contributed by atoms with E-state index in [4.69, 9.17) is 0 Å². The molecule has 0 fully saturated rings. The number of rotatable bonds is 0.